The van der Waals surface area contributed by atoms with Crippen molar-refractivity contribution in [2.75, 3.05) is 11.9 Å². The molecule has 3 aromatic rings. The Labute approximate surface area is 155 Å². The Balaban J connectivity index is 1.79. The normalized spacial score (nSPS) is 13.8. The highest BCUT2D eigenvalue weighted by Gasteiger charge is 2.21. The number of benzene rings is 2. The maximum Gasteiger partial charge on any atom is 0.133 e. The Morgan fingerprint density at radius 1 is 1.08 bits per heavy atom. The van der Waals surface area contributed by atoms with Crippen molar-refractivity contribution in [1.29, 1.82) is 0 Å². The molecule has 0 saturated heterocycles. The molecule has 0 atom stereocenters. The molecule has 128 valence electrons. The van der Waals surface area contributed by atoms with Crippen molar-refractivity contribution in [2.45, 2.75) is 25.7 Å². The number of hydrogen-bond donors (Lipinski definition) is 1. The summed E-state index contributed by atoms with van der Waals surface area (Å²) in [5, 5.41) is 8.36. The number of fused-ring (bicyclic) bond motifs is 1. The number of rotatable bonds is 3. The number of aromatic nitrogens is 2. The van der Waals surface area contributed by atoms with Gasteiger partial charge in [0.1, 0.15) is 11.6 Å². The molecule has 4 rings (SSSR count). The van der Waals surface area contributed by atoms with Gasteiger partial charge < -0.3 is 5.32 Å². The van der Waals surface area contributed by atoms with E-state index in [2.05, 4.69) is 21.2 Å². The Bertz CT molecular complexity index is 886. The third-order valence-corrected chi connectivity index (χ3v) is 5.13. The molecular weight excluding hydrogens is 381 g/mol. The van der Waals surface area contributed by atoms with Crippen LogP contribution in [0.5, 0.6) is 0 Å². The lowest BCUT2D eigenvalue weighted by Gasteiger charge is -2.09. The van der Waals surface area contributed by atoms with E-state index in [1.54, 1.807) is 6.07 Å². The first kappa shape index (κ1) is 16.3. The second kappa shape index (κ2) is 7.00. The van der Waals surface area contributed by atoms with Crippen LogP contribution < -0.4 is 5.32 Å². The van der Waals surface area contributed by atoms with Gasteiger partial charge in [-0.15, -0.1) is 0 Å². The van der Waals surface area contributed by atoms with Gasteiger partial charge in [-0.05, 0) is 55.2 Å². The molecule has 2 aromatic carbocycles. The molecule has 0 bridgehead atoms. The van der Waals surface area contributed by atoms with E-state index < -0.39 is 0 Å². The summed E-state index contributed by atoms with van der Waals surface area (Å²) in [6.07, 6.45) is 3.74. The predicted octanol–water partition coefficient (Wildman–Crippen LogP) is 5.11. The molecule has 1 aliphatic rings. The summed E-state index contributed by atoms with van der Waals surface area (Å²) in [6.45, 7) is 0.939. The highest BCUT2D eigenvalue weighted by molar-refractivity contribution is 9.10. The molecule has 1 aromatic heterocycles. The average molecular weight is 400 g/mol. The van der Waals surface area contributed by atoms with Crippen molar-refractivity contribution in [3.8, 4) is 5.69 Å². The van der Waals surface area contributed by atoms with Crippen molar-refractivity contribution >= 4 is 21.7 Å². The van der Waals surface area contributed by atoms with E-state index in [1.165, 1.54) is 11.6 Å². The molecule has 0 saturated carbocycles. The lowest BCUT2D eigenvalue weighted by atomic mass is 10.0. The second-order valence-corrected chi connectivity index (χ2v) is 7.23. The molecule has 0 spiro atoms. The molecule has 0 amide bonds. The maximum atomic E-state index is 14.1. The largest absolute Gasteiger partial charge is 0.370 e. The minimum atomic E-state index is -0.170. The van der Waals surface area contributed by atoms with Crippen LogP contribution in [0.4, 0.5) is 10.2 Å². The minimum absolute atomic E-state index is 0.170. The molecule has 2 heterocycles. The summed E-state index contributed by atoms with van der Waals surface area (Å²) in [7, 11) is 0. The van der Waals surface area contributed by atoms with E-state index in [4.69, 9.17) is 5.10 Å². The summed E-state index contributed by atoms with van der Waals surface area (Å²) in [6, 6.07) is 15.0. The predicted molar refractivity (Wildman–Crippen MR) is 102 cm³/mol. The van der Waals surface area contributed by atoms with Gasteiger partial charge >= 0.3 is 0 Å². The van der Waals surface area contributed by atoms with Gasteiger partial charge in [-0.25, -0.2) is 9.07 Å². The zero-order chi connectivity index (χ0) is 17.2. The quantitative estimate of drug-likeness (QED) is 0.662. The fourth-order valence-electron chi connectivity index (χ4n) is 3.31. The molecular formula is C20H19BrFN3. The second-order valence-electron chi connectivity index (χ2n) is 6.31. The van der Waals surface area contributed by atoms with Crippen molar-refractivity contribution in [3.05, 3.63) is 75.6 Å². The standard InChI is InChI=1S/C20H19BrFN3/c21-15-8-10-16(11-9-15)25-20-17(6-3-4-12-23-20)19(24-25)13-14-5-1-2-7-18(14)22/h1-2,5,7-11,23H,3-4,6,12-13H2. The minimum Gasteiger partial charge on any atom is -0.370 e. The molecule has 0 radical (unpaired) electrons. The van der Waals surface area contributed by atoms with Crippen LogP contribution in [0, 0.1) is 5.82 Å². The van der Waals surface area contributed by atoms with Gasteiger partial charge in [0, 0.05) is 23.0 Å². The van der Waals surface area contributed by atoms with Gasteiger partial charge in [-0.3, -0.25) is 0 Å². The van der Waals surface area contributed by atoms with Gasteiger partial charge in [-0.2, -0.15) is 5.10 Å². The molecule has 0 fully saturated rings. The fraction of sp³-hybridized carbons (Fsp3) is 0.250. The first-order valence-electron chi connectivity index (χ1n) is 8.56. The first-order valence-corrected chi connectivity index (χ1v) is 9.35. The van der Waals surface area contributed by atoms with Gasteiger partial charge in [0.15, 0.2) is 0 Å². The van der Waals surface area contributed by atoms with E-state index in [-0.39, 0.29) is 5.82 Å². The van der Waals surface area contributed by atoms with E-state index in [9.17, 15) is 4.39 Å². The average Bonchev–Trinajstić information content (AvgIpc) is 2.80. The lowest BCUT2D eigenvalue weighted by Crippen LogP contribution is -2.07. The van der Waals surface area contributed by atoms with Crippen LogP contribution in [0.2, 0.25) is 0 Å². The number of hydrogen-bond acceptors (Lipinski definition) is 2. The smallest absolute Gasteiger partial charge is 0.133 e. The summed E-state index contributed by atoms with van der Waals surface area (Å²) in [5.41, 5.74) is 3.87. The Morgan fingerprint density at radius 2 is 1.88 bits per heavy atom. The fourth-order valence-corrected chi connectivity index (χ4v) is 3.57. The van der Waals surface area contributed by atoms with Crippen LogP contribution in [0.3, 0.4) is 0 Å². The molecule has 1 aliphatic heterocycles. The Kier molecular flexibility index (Phi) is 4.57. The third-order valence-electron chi connectivity index (χ3n) is 4.60. The van der Waals surface area contributed by atoms with Gasteiger partial charge in [0.25, 0.3) is 0 Å². The zero-order valence-electron chi connectivity index (χ0n) is 13.8. The summed E-state index contributed by atoms with van der Waals surface area (Å²) in [4.78, 5) is 0. The van der Waals surface area contributed by atoms with E-state index >= 15 is 0 Å². The number of anilines is 1. The maximum absolute atomic E-state index is 14.1. The van der Waals surface area contributed by atoms with Crippen molar-refractivity contribution in [2.24, 2.45) is 0 Å². The van der Waals surface area contributed by atoms with Crippen molar-refractivity contribution < 1.29 is 4.39 Å². The Hall–Kier alpha value is -2.14. The summed E-state index contributed by atoms with van der Waals surface area (Å²) >= 11 is 3.48. The number of nitrogens with zero attached hydrogens (tertiary/aromatic N) is 2. The SMILES string of the molecule is Fc1ccccc1Cc1nn(-c2ccc(Br)cc2)c2c1CCCCN2. The monoisotopic (exact) mass is 399 g/mol. The molecule has 5 heteroatoms. The van der Waals surface area contributed by atoms with Crippen LogP contribution in [0.1, 0.15) is 29.7 Å². The van der Waals surface area contributed by atoms with E-state index in [0.29, 0.717) is 12.0 Å². The molecule has 3 nitrogen and oxygen atoms in total. The summed E-state index contributed by atoms with van der Waals surface area (Å²) < 4.78 is 17.1. The van der Waals surface area contributed by atoms with Crippen molar-refractivity contribution in [1.82, 2.24) is 9.78 Å². The summed E-state index contributed by atoms with van der Waals surface area (Å²) in [5.74, 6) is 0.877. The van der Waals surface area contributed by atoms with Gasteiger partial charge in [-0.1, -0.05) is 34.1 Å². The highest BCUT2D eigenvalue weighted by Crippen LogP contribution is 2.30. The van der Waals surface area contributed by atoms with E-state index in [0.717, 1.165) is 47.5 Å². The third kappa shape index (κ3) is 3.33. The first-order chi connectivity index (χ1) is 12.2. The molecule has 0 aliphatic carbocycles. The van der Waals surface area contributed by atoms with Crippen molar-refractivity contribution in [3.63, 3.8) is 0 Å². The van der Waals surface area contributed by atoms with Crippen LogP contribution in [0.15, 0.2) is 53.0 Å². The zero-order valence-corrected chi connectivity index (χ0v) is 15.4. The lowest BCUT2D eigenvalue weighted by molar-refractivity contribution is 0.612. The van der Waals surface area contributed by atoms with Crippen LogP contribution in [0.25, 0.3) is 5.69 Å². The number of halogens is 2. The van der Waals surface area contributed by atoms with Gasteiger partial charge in [0.05, 0.1) is 11.4 Å². The van der Waals surface area contributed by atoms with E-state index in [1.807, 2.05) is 41.1 Å². The molecule has 25 heavy (non-hydrogen) atoms. The number of nitrogens with one attached hydrogen (secondary N) is 1. The Morgan fingerprint density at radius 3 is 2.68 bits per heavy atom. The van der Waals surface area contributed by atoms with Crippen LogP contribution in [-0.4, -0.2) is 16.3 Å². The molecule has 0 unspecified atom stereocenters. The van der Waals surface area contributed by atoms with Crippen LogP contribution in [-0.2, 0) is 12.8 Å². The van der Waals surface area contributed by atoms with Gasteiger partial charge in [0.2, 0.25) is 0 Å². The molecule has 1 N–H and O–H groups in total. The van der Waals surface area contributed by atoms with Crippen LogP contribution >= 0.6 is 15.9 Å². The highest BCUT2D eigenvalue weighted by atomic mass is 79.9. The topological polar surface area (TPSA) is 29.9 Å².